The molecule has 1 aromatic rings. The van der Waals surface area contributed by atoms with Gasteiger partial charge in [0.15, 0.2) is 6.61 Å². The molecule has 0 aromatic heterocycles. The number of benzene rings is 1. The Morgan fingerprint density at radius 2 is 2.25 bits per heavy atom. The Kier molecular flexibility index (Phi) is 4.49. The van der Waals surface area contributed by atoms with Crippen LogP contribution in [-0.2, 0) is 4.79 Å². The molecule has 1 N–H and O–H groups in total. The lowest BCUT2D eigenvalue weighted by molar-refractivity contribution is -0.385. The highest BCUT2D eigenvalue weighted by molar-refractivity contribution is 5.77. The lowest BCUT2D eigenvalue weighted by Crippen LogP contribution is -2.35. The van der Waals surface area contributed by atoms with Crippen molar-refractivity contribution in [2.75, 3.05) is 13.2 Å². The third-order valence-electron chi connectivity index (χ3n) is 3.29. The summed E-state index contributed by atoms with van der Waals surface area (Å²) in [6.07, 6.45) is 3.40. The highest BCUT2D eigenvalue weighted by Gasteiger charge is 2.19. The number of amides is 1. The van der Waals surface area contributed by atoms with Gasteiger partial charge < -0.3 is 10.1 Å². The third-order valence-corrected chi connectivity index (χ3v) is 3.29. The molecule has 1 aliphatic rings. The SMILES string of the molecule is O=C(COc1cc(F)ccc1[N+](=O)[O-])NCC1CCC1. The number of hydrogen-bond acceptors (Lipinski definition) is 4. The van der Waals surface area contributed by atoms with Gasteiger partial charge in [-0.2, -0.15) is 0 Å². The molecule has 0 atom stereocenters. The van der Waals surface area contributed by atoms with Gasteiger partial charge in [-0.15, -0.1) is 0 Å². The summed E-state index contributed by atoms with van der Waals surface area (Å²) in [5, 5.41) is 13.4. The van der Waals surface area contributed by atoms with Gasteiger partial charge in [0, 0.05) is 18.7 Å². The van der Waals surface area contributed by atoms with E-state index in [1.807, 2.05) is 0 Å². The second-order valence-corrected chi connectivity index (χ2v) is 4.76. The van der Waals surface area contributed by atoms with Crippen LogP contribution in [0.3, 0.4) is 0 Å². The van der Waals surface area contributed by atoms with Crippen LogP contribution in [-0.4, -0.2) is 24.0 Å². The number of nitro groups is 1. The van der Waals surface area contributed by atoms with Crippen LogP contribution in [0.4, 0.5) is 10.1 Å². The summed E-state index contributed by atoms with van der Waals surface area (Å²) >= 11 is 0. The van der Waals surface area contributed by atoms with E-state index in [2.05, 4.69) is 5.32 Å². The van der Waals surface area contributed by atoms with Crippen molar-refractivity contribution in [3.63, 3.8) is 0 Å². The minimum absolute atomic E-state index is 0.242. The maximum atomic E-state index is 13.0. The predicted octanol–water partition coefficient (Wildman–Crippen LogP) is 2.03. The quantitative estimate of drug-likeness (QED) is 0.639. The maximum absolute atomic E-state index is 13.0. The van der Waals surface area contributed by atoms with Crippen molar-refractivity contribution in [2.24, 2.45) is 5.92 Å². The Bertz CT molecular complexity index is 517. The van der Waals surface area contributed by atoms with Gasteiger partial charge in [-0.1, -0.05) is 6.42 Å². The number of ether oxygens (including phenoxy) is 1. The highest BCUT2D eigenvalue weighted by atomic mass is 19.1. The van der Waals surface area contributed by atoms with Gasteiger partial charge in [0.05, 0.1) is 4.92 Å². The van der Waals surface area contributed by atoms with Gasteiger partial charge in [-0.25, -0.2) is 4.39 Å². The van der Waals surface area contributed by atoms with Gasteiger partial charge in [-0.05, 0) is 24.8 Å². The summed E-state index contributed by atoms with van der Waals surface area (Å²) < 4.78 is 18.1. The highest BCUT2D eigenvalue weighted by Crippen LogP contribution is 2.27. The molecule has 0 aliphatic heterocycles. The molecule has 1 saturated carbocycles. The van der Waals surface area contributed by atoms with E-state index < -0.39 is 10.7 Å². The van der Waals surface area contributed by atoms with E-state index in [0.717, 1.165) is 31.0 Å². The summed E-state index contributed by atoms with van der Waals surface area (Å²) in [7, 11) is 0. The van der Waals surface area contributed by atoms with Crippen LogP contribution in [0.15, 0.2) is 18.2 Å². The fourth-order valence-electron chi connectivity index (χ4n) is 1.90. The number of hydrogen-bond donors (Lipinski definition) is 1. The molecule has 1 amide bonds. The van der Waals surface area contributed by atoms with E-state index in [1.54, 1.807) is 0 Å². The Labute approximate surface area is 115 Å². The largest absolute Gasteiger partial charge is 0.477 e. The molecule has 0 bridgehead atoms. The lowest BCUT2D eigenvalue weighted by Gasteiger charge is -2.25. The fourth-order valence-corrected chi connectivity index (χ4v) is 1.90. The topological polar surface area (TPSA) is 81.5 Å². The summed E-state index contributed by atoms with van der Waals surface area (Å²) in [6, 6.07) is 2.88. The normalized spacial score (nSPS) is 14.4. The molecule has 0 saturated heterocycles. The number of rotatable bonds is 6. The molecule has 0 unspecified atom stereocenters. The standard InChI is InChI=1S/C13H15FN2O4/c14-10-4-5-11(16(18)19)12(6-10)20-8-13(17)15-7-9-2-1-3-9/h4-6,9H,1-3,7-8H2,(H,15,17). The molecule has 2 rings (SSSR count). The number of carbonyl (C=O) groups excluding carboxylic acids is 1. The zero-order valence-corrected chi connectivity index (χ0v) is 10.8. The number of halogens is 1. The Morgan fingerprint density at radius 3 is 2.85 bits per heavy atom. The van der Waals surface area contributed by atoms with Crippen molar-refractivity contribution in [2.45, 2.75) is 19.3 Å². The number of nitro benzene ring substituents is 1. The maximum Gasteiger partial charge on any atom is 0.311 e. The van der Waals surface area contributed by atoms with Gasteiger partial charge in [0.2, 0.25) is 5.75 Å². The van der Waals surface area contributed by atoms with Crippen molar-refractivity contribution in [3.8, 4) is 5.75 Å². The van der Waals surface area contributed by atoms with E-state index in [1.165, 1.54) is 6.42 Å². The zero-order valence-electron chi connectivity index (χ0n) is 10.8. The molecule has 0 spiro atoms. The molecule has 1 fully saturated rings. The minimum atomic E-state index is -0.680. The van der Waals surface area contributed by atoms with Crippen molar-refractivity contribution < 1.29 is 18.8 Å². The van der Waals surface area contributed by atoms with E-state index >= 15 is 0 Å². The molecule has 1 aromatic carbocycles. The first-order chi connectivity index (χ1) is 9.56. The summed E-state index contributed by atoms with van der Waals surface area (Å²) in [5.41, 5.74) is -0.363. The Morgan fingerprint density at radius 1 is 1.50 bits per heavy atom. The third kappa shape index (κ3) is 3.66. The average Bonchev–Trinajstić information content (AvgIpc) is 2.34. The summed E-state index contributed by atoms with van der Waals surface area (Å²) in [6.45, 7) is 0.227. The molecule has 1 aliphatic carbocycles. The Balaban J connectivity index is 1.87. The predicted molar refractivity (Wildman–Crippen MR) is 68.9 cm³/mol. The number of carbonyl (C=O) groups is 1. The van der Waals surface area contributed by atoms with E-state index in [-0.39, 0.29) is 24.0 Å². The molecular weight excluding hydrogens is 267 g/mol. The molecule has 6 nitrogen and oxygen atoms in total. The molecular formula is C13H15FN2O4. The molecule has 20 heavy (non-hydrogen) atoms. The molecule has 0 heterocycles. The minimum Gasteiger partial charge on any atom is -0.477 e. The first kappa shape index (κ1) is 14.2. The van der Waals surface area contributed by atoms with E-state index in [4.69, 9.17) is 4.74 Å². The van der Waals surface area contributed by atoms with Crippen LogP contribution in [0.25, 0.3) is 0 Å². The van der Waals surface area contributed by atoms with Gasteiger partial charge in [0.25, 0.3) is 5.91 Å². The first-order valence-corrected chi connectivity index (χ1v) is 6.39. The van der Waals surface area contributed by atoms with Crippen LogP contribution < -0.4 is 10.1 Å². The molecule has 0 radical (unpaired) electrons. The van der Waals surface area contributed by atoms with E-state index in [9.17, 15) is 19.3 Å². The molecule has 108 valence electrons. The zero-order chi connectivity index (χ0) is 14.5. The van der Waals surface area contributed by atoms with Crippen LogP contribution in [0.2, 0.25) is 0 Å². The van der Waals surface area contributed by atoms with Crippen molar-refractivity contribution in [3.05, 3.63) is 34.1 Å². The van der Waals surface area contributed by atoms with Crippen LogP contribution in [0, 0.1) is 21.8 Å². The lowest BCUT2D eigenvalue weighted by atomic mass is 9.85. The number of nitrogens with one attached hydrogen (secondary N) is 1. The van der Waals surface area contributed by atoms with Crippen molar-refractivity contribution >= 4 is 11.6 Å². The smallest absolute Gasteiger partial charge is 0.311 e. The van der Waals surface area contributed by atoms with Gasteiger partial charge >= 0.3 is 5.69 Å². The number of nitrogens with zero attached hydrogens (tertiary/aromatic N) is 1. The second kappa shape index (κ2) is 6.31. The monoisotopic (exact) mass is 282 g/mol. The molecule has 7 heteroatoms. The van der Waals surface area contributed by atoms with Gasteiger partial charge in [0.1, 0.15) is 5.82 Å². The van der Waals surface area contributed by atoms with Crippen LogP contribution in [0.5, 0.6) is 5.75 Å². The second-order valence-electron chi connectivity index (χ2n) is 4.76. The fraction of sp³-hybridized carbons (Fsp3) is 0.462. The summed E-state index contributed by atoms with van der Waals surface area (Å²) in [4.78, 5) is 21.6. The van der Waals surface area contributed by atoms with Crippen LogP contribution >= 0.6 is 0 Å². The average molecular weight is 282 g/mol. The van der Waals surface area contributed by atoms with E-state index in [0.29, 0.717) is 12.5 Å². The van der Waals surface area contributed by atoms with Crippen molar-refractivity contribution in [1.82, 2.24) is 5.32 Å². The summed E-state index contributed by atoms with van der Waals surface area (Å²) in [5.74, 6) is -0.743. The van der Waals surface area contributed by atoms with Gasteiger partial charge in [-0.3, -0.25) is 14.9 Å². The van der Waals surface area contributed by atoms with Crippen LogP contribution in [0.1, 0.15) is 19.3 Å². The van der Waals surface area contributed by atoms with Crippen molar-refractivity contribution in [1.29, 1.82) is 0 Å². The Hall–Kier alpha value is -2.18. The first-order valence-electron chi connectivity index (χ1n) is 6.39.